The van der Waals surface area contributed by atoms with Gasteiger partial charge in [-0.3, -0.25) is 0 Å². The first-order valence-corrected chi connectivity index (χ1v) is 9.45. The molecule has 2 heterocycles. The molecular formula is C21H14Br2O2. The SMILES string of the molecule is Brc1ccc(-c2ccc(Cc3ccc(-c4ccc(Br)cc4)o3)o2)cc1. The molecule has 0 radical (unpaired) electrons. The monoisotopic (exact) mass is 456 g/mol. The Kier molecular flexibility index (Phi) is 4.64. The molecule has 4 aromatic rings. The van der Waals surface area contributed by atoms with E-state index < -0.39 is 0 Å². The molecule has 2 aromatic heterocycles. The maximum Gasteiger partial charge on any atom is 0.134 e. The minimum atomic E-state index is 0.632. The highest BCUT2D eigenvalue weighted by atomic mass is 79.9. The maximum atomic E-state index is 5.96. The van der Waals surface area contributed by atoms with E-state index in [4.69, 9.17) is 8.83 Å². The summed E-state index contributed by atoms with van der Waals surface area (Å²) in [6.07, 6.45) is 0.632. The Morgan fingerprint density at radius 1 is 0.520 bits per heavy atom. The number of furan rings is 2. The normalized spacial score (nSPS) is 11.0. The van der Waals surface area contributed by atoms with Gasteiger partial charge in [0.25, 0.3) is 0 Å². The van der Waals surface area contributed by atoms with Gasteiger partial charge in [-0.2, -0.15) is 0 Å². The molecule has 0 saturated heterocycles. The zero-order valence-electron chi connectivity index (χ0n) is 13.2. The first-order chi connectivity index (χ1) is 12.2. The van der Waals surface area contributed by atoms with Crippen molar-refractivity contribution in [3.05, 3.63) is 93.3 Å². The van der Waals surface area contributed by atoms with E-state index in [0.717, 1.165) is 43.1 Å². The lowest BCUT2D eigenvalue weighted by atomic mass is 10.2. The average Bonchev–Trinajstić information content (AvgIpc) is 3.27. The summed E-state index contributed by atoms with van der Waals surface area (Å²) in [5, 5.41) is 0. The van der Waals surface area contributed by atoms with Crippen LogP contribution in [0.15, 0.2) is 90.6 Å². The van der Waals surface area contributed by atoms with E-state index in [2.05, 4.69) is 31.9 Å². The van der Waals surface area contributed by atoms with E-state index in [0.29, 0.717) is 6.42 Å². The van der Waals surface area contributed by atoms with Crippen molar-refractivity contribution in [1.29, 1.82) is 0 Å². The van der Waals surface area contributed by atoms with E-state index in [1.165, 1.54) is 0 Å². The van der Waals surface area contributed by atoms with Crippen LogP contribution >= 0.6 is 31.9 Å². The first-order valence-electron chi connectivity index (χ1n) is 7.87. The third kappa shape index (κ3) is 3.80. The maximum absolute atomic E-state index is 5.96. The molecule has 4 heteroatoms. The molecule has 0 unspecified atom stereocenters. The third-order valence-electron chi connectivity index (χ3n) is 3.93. The zero-order valence-corrected chi connectivity index (χ0v) is 16.4. The standard InChI is InChI=1S/C21H14Br2O2/c22-16-5-1-14(2-6-16)20-11-9-18(24-20)13-19-10-12-21(25-19)15-3-7-17(23)8-4-15/h1-12H,13H2. The van der Waals surface area contributed by atoms with E-state index in [9.17, 15) is 0 Å². The van der Waals surface area contributed by atoms with Crippen LogP contribution in [0.3, 0.4) is 0 Å². The van der Waals surface area contributed by atoms with Crippen LogP contribution in [0.5, 0.6) is 0 Å². The van der Waals surface area contributed by atoms with Crippen LogP contribution in [0.4, 0.5) is 0 Å². The fourth-order valence-electron chi connectivity index (χ4n) is 2.66. The van der Waals surface area contributed by atoms with E-state index >= 15 is 0 Å². The van der Waals surface area contributed by atoms with Crippen LogP contribution < -0.4 is 0 Å². The molecule has 0 bridgehead atoms. The van der Waals surface area contributed by atoms with E-state index in [-0.39, 0.29) is 0 Å². The summed E-state index contributed by atoms with van der Waals surface area (Å²) >= 11 is 6.89. The molecule has 0 amide bonds. The molecule has 0 N–H and O–H groups in total. The smallest absolute Gasteiger partial charge is 0.134 e. The van der Waals surface area contributed by atoms with Gasteiger partial charge >= 0.3 is 0 Å². The van der Waals surface area contributed by atoms with Crippen LogP contribution in [0, 0.1) is 0 Å². The Morgan fingerprint density at radius 3 is 1.32 bits per heavy atom. The zero-order chi connectivity index (χ0) is 17.2. The Balaban J connectivity index is 1.51. The molecule has 4 rings (SSSR count). The number of hydrogen-bond donors (Lipinski definition) is 0. The Bertz CT molecular complexity index is 898. The lowest BCUT2D eigenvalue weighted by Crippen LogP contribution is -1.81. The van der Waals surface area contributed by atoms with Crippen molar-refractivity contribution >= 4 is 31.9 Å². The van der Waals surface area contributed by atoms with Crippen molar-refractivity contribution in [2.24, 2.45) is 0 Å². The van der Waals surface area contributed by atoms with Crippen LogP contribution in [0.25, 0.3) is 22.6 Å². The van der Waals surface area contributed by atoms with Gasteiger partial charge in [0, 0.05) is 20.1 Å². The van der Waals surface area contributed by atoms with Gasteiger partial charge in [-0.25, -0.2) is 0 Å². The van der Waals surface area contributed by atoms with Crippen molar-refractivity contribution in [3.63, 3.8) is 0 Å². The average molecular weight is 458 g/mol. The summed E-state index contributed by atoms with van der Waals surface area (Å²) in [6.45, 7) is 0. The highest BCUT2D eigenvalue weighted by Crippen LogP contribution is 2.28. The number of benzene rings is 2. The summed E-state index contributed by atoms with van der Waals surface area (Å²) < 4.78 is 14.0. The molecule has 0 aliphatic rings. The van der Waals surface area contributed by atoms with Gasteiger partial charge in [-0.15, -0.1) is 0 Å². The molecule has 0 atom stereocenters. The van der Waals surface area contributed by atoms with E-state index in [1.54, 1.807) is 0 Å². The molecular weight excluding hydrogens is 444 g/mol. The fraction of sp³-hybridized carbons (Fsp3) is 0.0476. The van der Waals surface area contributed by atoms with Crippen LogP contribution in [0.2, 0.25) is 0 Å². The van der Waals surface area contributed by atoms with Crippen molar-refractivity contribution < 1.29 is 8.83 Å². The molecule has 2 aromatic carbocycles. The molecule has 124 valence electrons. The minimum Gasteiger partial charge on any atom is -0.461 e. The van der Waals surface area contributed by atoms with Crippen LogP contribution in [-0.2, 0) is 6.42 Å². The van der Waals surface area contributed by atoms with Gasteiger partial charge in [-0.1, -0.05) is 56.1 Å². The predicted octanol–water partition coefficient (Wildman–Crippen LogP) is 7.32. The summed E-state index contributed by atoms with van der Waals surface area (Å²) in [5.41, 5.74) is 2.12. The van der Waals surface area contributed by atoms with Crippen molar-refractivity contribution in [1.82, 2.24) is 0 Å². The van der Waals surface area contributed by atoms with Gasteiger partial charge in [0.1, 0.15) is 23.0 Å². The van der Waals surface area contributed by atoms with Gasteiger partial charge in [0.05, 0.1) is 6.42 Å². The topological polar surface area (TPSA) is 26.3 Å². The lowest BCUT2D eigenvalue weighted by Gasteiger charge is -1.99. The summed E-state index contributed by atoms with van der Waals surface area (Å²) in [6, 6.07) is 24.2. The molecule has 0 aliphatic carbocycles. The van der Waals surface area contributed by atoms with Gasteiger partial charge < -0.3 is 8.83 Å². The molecule has 0 fully saturated rings. The Labute approximate surface area is 162 Å². The summed E-state index contributed by atoms with van der Waals surface area (Å²) in [7, 11) is 0. The predicted molar refractivity (Wildman–Crippen MR) is 106 cm³/mol. The Morgan fingerprint density at radius 2 is 0.920 bits per heavy atom. The van der Waals surface area contributed by atoms with Gasteiger partial charge in [0.2, 0.25) is 0 Å². The van der Waals surface area contributed by atoms with Gasteiger partial charge in [0.15, 0.2) is 0 Å². The number of halogens is 2. The number of rotatable bonds is 4. The molecule has 2 nitrogen and oxygen atoms in total. The van der Waals surface area contributed by atoms with Crippen molar-refractivity contribution in [3.8, 4) is 22.6 Å². The summed E-state index contributed by atoms with van der Waals surface area (Å²) in [5.74, 6) is 3.49. The highest BCUT2D eigenvalue weighted by molar-refractivity contribution is 9.10. The highest BCUT2D eigenvalue weighted by Gasteiger charge is 2.09. The minimum absolute atomic E-state index is 0.632. The van der Waals surface area contributed by atoms with Crippen molar-refractivity contribution in [2.45, 2.75) is 6.42 Å². The molecule has 0 saturated carbocycles. The fourth-order valence-corrected chi connectivity index (χ4v) is 3.18. The molecule has 0 aliphatic heterocycles. The Hall–Kier alpha value is -2.04. The first kappa shape index (κ1) is 16.4. The van der Waals surface area contributed by atoms with Crippen molar-refractivity contribution in [2.75, 3.05) is 0 Å². The van der Waals surface area contributed by atoms with Gasteiger partial charge in [-0.05, 0) is 48.5 Å². The quantitative estimate of drug-likeness (QED) is 0.320. The van der Waals surface area contributed by atoms with Crippen LogP contribution in [-0.4, -0.2) is 0 Å². The van der Waals surface area contributed by atoms with Crippen LogP contribution in [0.1, 0.15) is 11.5 Å². The largest absolute Gasteiger partial charge is 0.461 e. The molecule has 25 heavy (non-hydrogen) atoms. The lowest BCUT2D eigenvalue weighted by molar-refractivity contribution is 0.487. The second kappa shape index (κ2) is 7.06. The summed E-state index contributed by atoms with van der Waals surface area (Å²) in [4.78, 5) is 0. The number of hydrogen-bond acceptors (Lipinski definition) is 2. The third-order valence-corrected chi connectivity index (χ3v) is 4.99. The second-order valence-corrected chi connectivity index (χ2v) is 7.55. The van der Waals surface area contributed by atoms with E-state index in [1.807, 2.05) is 72.8 Å². The molecule has 0 spiro atoms. The second-order valence-electron chi connectivity index (χ2n) is 5.72.